The van der Waals surface area contributed by atoms with Crippen molar-refractivity contribution in [2.24, 2.45) is 0 Å². The average Bonchev–Trinajstić information content (AvgIpc) is 2.93. The number of nitro groups is 1. The maximum atomic E-state index is 12.6. The van der Waals surface area contributed by atoms with Crippen LogP contribution >= 0.6 is 23.4 Å². The van der Waals surface area contributed by atoms with Crippen LogP contribution in [0.2, 0.25) is 5.02 Å². The molecule has 2 aromatic carbocycles. The molecule has 0 saturated carbocycles. The minimum atomic E-state index is -0.552. The van der Waals surface area contributed by atoms with E-state index in [1.54, 1.807) is 0 Å². The first-order valence-corrected chi connectivity index (χ1v) is 9.85. The zero-order chi connectivity index (χ0) is 21.1. The molecule has 1 fully saturated rings. The van der Waals surface area contributed by atoms with Crippen molar-refractivity contribution in [1.82, 2.24) is 4.90 Å². The Kier molecular flexibility index (Phi) is 6.24. The highest BCUT2D eigenvalue weighted by atomic mass is 35.5. The van der Waals surface area contributed by atoms with Gasteiger partial charge in [0.05, 0.1) is 16.4 Å². The van der Waals surface area contributed by atoms with Crippen molar-refractivity contribution < 1.29 is 19.2 Å². The van der Waals surface area contributed by atoms with E-state index in [9.17, 15) is 19.7 Å². The van der Waals surface area contributed by atoms with E-state index in [0.29, 0.717) is 11.3 Å². The highest BCUT2D eigenvalue weighted by Gasteiger charge is 2.35. The molecule has 1 aliphatic heterocycles. The zero-order valence-corrected chi connectivity index (χ0v) is 17.2. The molecule has 0 aromatic heterocycles. The third-order valence-corrected chi connectivity index (χ3v) is 5.52. The summed E-state index contributed by atoms with van der Waals surface area (Å²) in [7, 11) is 0. The molecule has 1 aliphatic rings. The van der Waals surface area contributed by atoms with Gasteiger partial charge in [0.1, 0.15) is 12.4 Å². The van der Waals surface area contributed by atoms with E-state index >= 15 is 0 Å². The zero-order valence-electron chi connectivity index (χ0n) is 15.7. The van der Waals surface area contributed by atoms with Gasteiger partial charge in [0, 0.05) is 22.7 Å². The number of non-ortho nitro benzene ring substituents is 1. The van der Waals surface area contributed by atoms with Gasteiger partial charge in [-0.3, -0.25) is 24.6 Å². The number of nitro benzene ring substituents is 1. The summed E-state index contributed by atoms with van der Waals surface area (Å²) in [5.74, 6) is 0.225. The number of hydrogen-bond acceptors (Lipinski definition) is 6. The fourth-order valence-corrected chi connectivity index (χ4v) is 3.73. The Morgan fingerprint density at radius 1 is 1.21 bits per heavy atom. The molecule has 0 atom stereocenters. The second kappa shape index (κ2) is 8.67. The summed E-state index contributed by atoms with van der Waals surface area (Å²) in [6, 6.07) is 9.73. The molecule has 0 spiro atoms. The lowest BCUT2D eigenvalue weighted by atomic mass is 10.1. The summed E-state index contributed by atoms with van der Waals surface area (Å²) in [4.78, 5) is 36.5. The largest absolute Gasteiger partial charge is 0.491 e. The van der Waals surface area contributed by atoms with Crippen LogP contribution in [0.1, 0.15) is 16.7 Å². The lowest BCUT2D eigenvalue weighted by Crippen LogP contribution is -2.32. The summed E-state index contributed by atoms with van der Waals surface area (Å²) in [5, 5.41) is 10.8. The average molecular weight is 433 g/mol. The van der Waals surface area contributed by atoms with Gasteiger partial charge >= 0.3 is 0 Å². The van der Waals surface area contributed by atoms with Crippen molar-refractivity contribution in [3.05, 3.63) is 73.1 Å². The van der Waals surface area contributed by atoms with Crippen LogP contribution < -0.4 is 4.74 Å². The molecule has 29 heavy (non-hydrogen) atoms. The SMILES string of the molecule is Cc1ccc(C)c(OCCN2C(=O)S/C(=C\c3cc([N+](=O)[O-])ccc3Cl)C2=O)c1. The predicted octanol–water partition coefficient (Wildman–Crippen LogP) is 4.98. The number of carbonyl (C=O) groups excluding carboxylic acids is 2. The van der Waals surface area contributed by atoms with Gasteiger partial charge in [0.2, 0.25) is 0 Å². The van der Waals surface area contributed by atoms with Gasteiger partial charge in [0.15, 0.2) is 0 Å². The lowest BCUT2D eigenvalue weighted by molar-refractivity contribution is -0.384. The van der Waals surface area contributed by atoms with Gasteiger partial charge in [-0.2, -0.15) is 0 Å². The molecular weight excluding hydrogens is 416 g/mol. The van der Waals surface area contributed by atoms with Gasteiger partial charge in [0.25, 0.3) is 16.8 Å². The molecule has 0 aliphatic carbocycles. The highest BCUT2D eigenvalue weighted by molar-refractivity contribution is 8.18. The van der Waals surface area contributed by atoms with Crippen LogP contribution in [0.25, 0.3) is 6.08 Å². The number of aryl methyl sites for hydroxylation is 2. The maximum absolute atomic E-state index is 12.6. The summed E-state index contributed by atoms with van der Waals surface area (Å²) in [5.41, 5.74) is 2.17. The van der Waals surface area contributed by atoms with Gasteiger partial charge in [-0.25, -0.2) is 0 Å². The van der Waals surface area contributed by atoms with E-state index in [0.717, 1.165) is 27.8 Å². The van der Waals surface area contributed by atoms with E-state index in [4.69, 9.17) is 16.3 Å². The van der Waals surface area contributed by atoms with Crippen molar-refractivity contribution in [3.63, 3.8) is 0 Å². The Morgan fingerprint density at radius 3 is 2.69 bits per heavy atom. The second-order valence-electron chi connectivity index (χ2n) is 6.41. The van der Waals surface area contributed by atoms with E-state index in [1.807, 2.05) is 32.0 Å². The number of ether oxygens (including phenoxy) is 1. The normalized spacial score (nSPS) is 15.3. The van der Waals surface area contributed by atoms with Crippen LogP contribution in [0.5, 0.6) is 5.75 Å². The monoisotopic (exact) mass is 432 g/mol. The quantitative estimate of drug-likeness (QED) is 0.363. The molecule has 0 bridgehead atoms. The van der Waals surface area contributed by atoms with Crippen molar-refractivity contribution in [2.75, 3.05) is 13.2 Å². The number of amides is 2. The lowest BCUT2D eigenvalue weighted by Gasteiger charge is -2.14. The number of halogens is 1. The van der Waals surface area contributed by atoms with Gasteiger partial charge in [-0.1, -0.05) is 23.7 Å². The molecular formula is C20H17ClN2O5S. The first kappa shape index (κ1) is 20.9. The van der Waals surface area contributed by atoms with Crippen LogP contribution in [0.15, 0.2) is 41.3 Å². The maximum Gasteiger partial charge on any atom is 0.293 e. The van der Waals surface area contributed by atoms with Crippen LogP contribution in [0.4, 0.5) is 10.5 Å². The van der Waals surface area contributed by atoms with Crippen molar-refractivity contribution in [1.29, 1.82) is 0 Å². The Morgan fingerprint density at radius 2 is 1.97 bits per heavy atom. The van der Waals surface area contributed by atoms with Gasteiger partial charge < -0.3 is 4.74 Å². The van der Waals surface area contributed by atoms with E-state index in [2.05, 4.69) is 0 Å². The molecule has 0 N–H and O–H groups in total. The van der Waals surface area contributed by atoms with Crippen molar-refractivity contribution in [3.8, 4) is 5.75 Å². The highest BCUT2D eigenvalue weighted by Crippen LogP contribution is 2.34. The predicted molar refractivity (Wildman–Crippen MR) is 112 cm³/mol. The van der Waals surface area contributed by atoms with Crippen molar-refractivity contribution in [2.45, 2.75) is 13.8 Å². The smallest absolute Gasteiger partial charge is 0.293 e. The molecule has 1 saturated heterocycles. The molecule has 9 heteroatoms. The molecule has 1 heterocycles. The number of carbonyl (C=O) groups is 2. The van der Waals surface area contributed by atoms with Crippen LogP contribution in [-0.2, 0) is 4.79 Å². The van der Waals surface area contributed by atoms with E-state index in [1.165, 1.54) is 24.3 Å². The van der Waals surface area contributed by atoms with Gasteiger partial charge in [-0.15, -0.1) is 0 Å². The van der Waals surface area contributed by atoms with Crippen molar-refractivity contribution >= 4 is 46.3 Å². The third kappa shape index (κ3) is 4.78. The Bertz CT molecular complexity index is 1040. The Balaban J connectivity index is 1.71. The number of thioether (sulfide) groups is 1. The summed E-state index contributed by atoms with van der Waals surface area (Å²) >= 11 is 6.84. The third-order valence-electron chi connectivity index (χ3n) is 4.27. The Hall–Kier alpha value is -2.84. The number of hydrogen-bond donors (Lipinski definition) is 0. The van der Waals surface area contributed by atoms with E-state index < -0.39 is 16.1 Å². The number of imide groups is 1. The Labute approximate surface area is 176 Å². The minimum absolute atomic E-state index is 0.0953. The number of benzene rings is 2. The first-order valence-electron chi connectivity index (χ1n) is 8.65. The van der Waals surface area contributed by atoms with Crippen LogP contribution in [0, 0.1) is 24.0 Å². The number of rotatable bonds is 6. The first-order chi connectivity index (χ1) is 13.8. The second-order valence-corrected chi connectivity index (χ2v) is 7.81. The summed E-state index contributed by atoms with van der Waals surface area (Å²) in [6.45, 7) is 4.12. The molecule has 0 radical (unpaired) electrons. The van der Waals surface area contributed by atoms with E-state index in [-0.39, 0.29) is 28.8 Å². The molecule has 2 aromatic rings. The van der Waals surface area contributed by atoms with Gasteiger partial charge in [-0.05, 0) is 54.9 Å². The number of nitrogens with zero attached hydrogens (tertiary/aromatic N) is 2. The fraction of sp³-hybridized carbons (Fsp3) is 0.200. The molecule has 3 rings (SSSR count). The van der Waals surface area contributed by atoms with Crippen LogP contribution in [-0.4, -0.2) is 34.1 Å². The topological polar surface area (TPSA) is 89.8 Å². The molecule has 7 nitrogen and oxygen atoms in total. The molecule has 2 amide bonds. The summed E-state index contributed by atoms with van der Waals surface area (Å²) < 4.78 is 5.72. The molecule has 0 unspecified atom stereocenters. The van der Waals surface area contributed by atoms with Crippen LogP contribution in [0.3, 0.4) is 0 Å². The standard InChI is InChI=1S/C20H17ClN2O5S/c1-12-3-4-13(2)17(9-12)28-8-7-22-19(24)18(29-20(22)25)11-14-10-15(23(26)27)5-6-16(14)21/h3-6,9-11H,7-8H2,1-2H3/b18-11-. The summed E-state index contributed by atoms with van der Waals surface area (Å²) in [6.07, 6.45) is 1.39. The fourth-order valence-electron chi connectivity index (χ4n) is 2.70. The molecule has 150 valence electrons. The minimum Gasteiger partial charge on any atom is -0.491 e.